The Labute approximate surface area is 91.0 Å². The van der Waals surface area contributed by atoms with Crippen LogP contribution < -0.4 is 5.32 Å². The first kappa shape index (κ1) is 12.5. The van der Waals surface area contributed by atoms with E-state index < -0.39 is 5.97 Å². The van der Waals surface area contributed by atoms with E-state index in [4.69, 9.17) is 9.84 Å². The number of ether oxygens (including phenoxy) is 1. The van der Waals surface area contributed by atoms with Gasteiger partial charge in [0.2, 0.25) is 0 Å². The normalized spacial score (nSPS) is 27.9. The summed E-state index contributed by atoms with van der Waals surface area (Å²) in [5, 5.41) is 11.8. The van der Waals surface area contributed by atoms with Crippen LogP contribution in [0.1, 0.15) is 40.5 Å². The molecule has 0 amide bonds. The van der Waals surface area contributed by atoms with E-state index in [1.165, 1.54) is 0 Å². The molecule has 4 nitrogen and oxygen atoms in total. The molecule has 1 atom stereocenters. The summed E-state index contributed by atoms with van der Waals surface area (Å²) in [6.45, 7) is 8.71. The van der Waals surface area contributed by atoms with E-state index in [0.717, 1.165) is 6.42 Å². The van der Waals surface area contributed by atoms with Gasteiger partial charge in [0.05, 0.1) is 17.6 Å². The van der Waals surface area contributed by atoms with Gasteiger partial charge in [0.1, 0.15) is 0 Å². The molecule has 0 bridgehead atoms. The smallest absolute Gasteiger partial charge is 0.304 e. The van der Waals surface area contributed by atoms with Crippen LogP contribution in [-0.4, -0.2) is 34.9 Å². The van der Waals surface area contributed by atoms with Crippen molar-refractivity contribution in [3.63, 3.8) is 0 Å². The zero-order valence-corrected chi connectivity index (χ0v) is 9.96. The van der Waals surface area contributed by atoms with Gasteiger partial charge in [0.25, 0.3) is 0 Å². The molecular weight excluding hydrogens is 194 g/mol. The molecule has 0 aromatic heterocycles. The van der Waals surface area contributed by atoms with Gasteiger partial charge in [-0.05, 0) is 34.1 Å². The second-order valence-electron chi connectivity index (χ2n) is 5.32. The molecule has 4 heteroatoms. The highest BCUT2D eigenvalue weighted by atomic mass is 16.5. The molecule has 1 aliphatic heterocycles. The molecule has 15 heavy (non-hydrogen) atoms. The molecule has 0 aromatic carbocycles. The second-order valence-corrected chi connectivity index (χ2v) is 5.32. The van der Waals surface area contributed by atoms with Crippen molar-refractivity contribution in [3.8, 4) is 0 Å². The molecule has 1 fully saturated rings. The molecule has 1 unspecified atom stereocenters. The van der Waals surface area contributed by atoms with Gasteiger partial charge in [-0.15, -0.1) is 0 Å². The maximum atomic E-state index is 10.4. The van der Waals surface area contributed by atoms with Crippen molar-refractivity contribution in [2.45, 2.75) is 57.8 Å². The largest absolute Gasteiger partial charge is 0.481 e. The minimum atomic E-state index is -0.765. The first-order valence-corrected chi connectivity index (χ1v) is 5.38. The Hall–Kier alpha value is -0.610. The van der Waals surface area contributed by atoms with Crippen molar-refractivity contribution in [2.75, 3.05) is 6.54 Å². The Morgan fingerprint density at radius 3 is 2.47 bits per heavy atom. The van der Waals surface area contributed by atoms with Crippen molar-refractivity contribution < 1.29 is 14.6 Å². The van der Waals surface area contributed by atoms with Crippen molar-refractivity contribution in [1.29, 1.82) is 0 Å². The molecule has 0 saturated carbocycles. The third kappa shape index (κ3) is 3.47. The fraction of sp³-hybridized carbons (Fsp3) is 0.909. The van der Waals surface area contributed by atoms with E-state index >= 15 is 0 Å². The number of carbonyl (C=O) groups is 1. The maximum absolute atomic E-state index is 10.4. The summed E-state index contributed by atoms with van der Waals surface area (Å²) < 4.78 is 5.90. The highest BCUT2D eigenvalue weighted by Gasteiger charge is 2.45. The Bertz CT molecular complexity index is 248. The predicted molar refractivity (Wildman–Crippen MR) is 57.9 cm³/mol. The maximum Gasteiger partial charge on any atom is 0.304 e. The Morgan fingerprint density at radius 2 is 2.07 bits per heavy atom. The highest BCUT2D eigenvalue weighted by Crippen LogP contribution is 2.37. The van der Waals surface area contributed by atoms with Crippen molar-refractivity contribution in [3.05, 3.63) is 0 Å². The van der Waals surface area contributed by atoms with Crippen molar-refractivity contribution in [2.24, 2.45) is 0 Å². The second kappa shape index (κ2) is 4.10. The van der Waals surface area contributed by atoms with E-state index in [1.54, 1.807) is 0 Å². The van der Waals surface area contributed by atoms with Crippen LogP contribution in [-0.2, 0) is 9.53 Å². The number of hydrogen-bond acceptors (Lipinski definition) is 3. The minimum Gasteiger partial charge on any atom is -0.481 e. The van der Waals surface area contributed by atoms with Gasteiger partial charge in [0, 0.05) is 12.6 Å². The van der Waals surface area contributed by atoms with Gasteiger partial charge in [-0.2, -0.15) is 0 Å². The summed E-state index contributed by atoms with van der Waals surface area (Å²) >= 11 is 0. The SMILES string of the molecule is CC1(C)CC(NCCC(=O)O)C(C)(C)O1. The number of hydrogen-bond donors (Lipinski definition) is 2. The van der Waals surface area contributed by atoms with Crippen LogP contribution in [0.2, 0.25) is 0 Å². The Kier molecular flexibility index (Phi) is 3.41. The predicted octanol–water partition coefficient (Wildman–Crippen LogP) is 1.40. The summed E-state index contributed by atoms with van der Waals surface area (Å²) in [5.74, 6) is -0.765. The first-order valence-electron chi connectivity index (χ1n) is 5.38. The molecule has 0 aliphatic carbocycles. The monoisotopic (exact) mass is 215 g/mol. The summed E-state index contributed by atoms with van der Waals surface area (Å²) in [4.78, 5) is 10.4. The fourth-order valence-corrected chi connectivity index (χ4v) is 2.23. The van der Waals surface area contributed by atoms with Crippen LogP contribution in [0.3, 0.4) is 0 Å². The summed E-state index contributed by atoms with van der Waals surface area (Å²) in [6, 6.07) is 0.229. The topological polar surface area (TPSA) is 58.6 Å². The Morgan fingerprint density at radius 1 is 1.47 bits per heavy atom. The molecule has 0 aromatic rings. The molecule has 0 spiro atoms. The average molecular weight is 215 g/mol. The number of carboxylic acids is 1. The van der Waals surface area contributed by atoms with Gasteiger partial charge in [-0.25, -0.2) is 0 Å². The third-order valence-electron chi connectivity index (χ3n) is 2.80. The quantitative estimate of drug-likeness (QED) is 0.744. The van der Waals surface area contributed by atoms with Gasteiger partial charge < -0.3 is 15.2 Å². The lowest BCUT2D eigenvalue weighted by Crippen LogP contribution is -2.44. The van der Waals surface area contributed by atoms with E-state index in [9.17, 15) is 4.79 Å². The van der Waals surface area contributed by atoms with Crippen LogP contribution in [0.4, 0.5) is 0 Å². The number of aliphatic carboxylic acids is 1. The molecule has 1 aliphatic rings. The van der Waals surface area contributed by atoms with Crippen LogP contribution in [0, 0.1) is 0 Å². The molecule has 88 valence electrons. The number of rotatable bonds is 4. The van der Waals surface area contributed by atoms with Crippen LogP contribution >= 0.6 is 0 Å². The van der Waals surface area contributed by atoms with Crippen molar-refractivity contribution in [1.82, 2.24) is 5.32 Å². The van der Waals surface area contributed by atoms with E-state index in [-0.39, 0.29) is 23.7 Å². The summed E-state index contributed by atoms with van der Waals surface area (Å²) in [5.41, 5.74) is -0.341. The van der Waals surface area contributed by atoms with Crippen molar-refractivity contribution >= 4 is 5.97 Å². The highest BCUT2D eigenvalue weighted by molar-refractivity contribution is 5.66. The lowest BCUT2D eigenvalue weighted by Gasteiger charge is -2.27. The van der Waals surface area contributed by atoms with Gasteiger partial charge in [-0.3, -0.25) is 4.79 Å². The zero-order valence-electron chi connectivity index (χ0n) is 9.96. The zero-order chi connectivity index (χ0) is 11.7. The lowest BCUT2D eigenvalue weighted by molar-refractivity contribution is -0.137. The molecular formula is C11H21NO3. The lowest BCUT2D eigenvalue weighted by atomic mass is 9.94. The molecule has 1 saturated heterocycles. The average Bonchev–Trinajstić information content (AvgIpc) is 2.18. The van der Waals surface area contributed by atoms with Gasteiger partial charge >= 0.3 is 5.97 Å². The van der Waals surface area contributed by atoms with Crippen LogP contribution in [0.15, 0.2) is 0 Å². The standard InChI is InChI=1S/C11H21NO3/c1-10(2)7-8(11(3,4)15-10)12-6-5-9(13)14/h8,12H,5-7H2,1-4H3,(H,13,14). The summed E-state index contributed by atoms with van der Waals surface area (Å²) in [7, 11) is 0. The first-order chi connectivity index (χ1) is 6.73. The molecule has 0 radical (unpaired) electrons. The van der Waals surface area contributed by atoms with Gasteiger partial charge in [0.15, 0.2) is 0 Å². The number of carboxylic acid groups (broad SMARTS) is 1. The summed E-state index contributed by atoms with van der Waals surface area (Å²) in [6.07, 6.45) is 1.08. The van der Waals surface area contributed by atoms with Crippen LogP contribution in [0.25, 0.3) is 0 Å². The van der Waals surface area contributed by atoms with Gasteiger partial charge in [-0.1, -0.05) is 0 Å². The third-order valence-corrected chi connectivity index (χ3v) is 2.80. The number of nitrogens with one attached hydrogen (secondary N) is 1. The van der Waals surface area contributed by atoms with E-state index in [0.29, 0.717) is 6.54 Å². The Balaban J connectivity index is 2.45. The molecule has 1 heterocycles. The van der Waals surface area contributed by atoms with E-state index in [2.05, 4.69) is 19.2 Å². The van der Waals surface area contributed by atoms with E-state index in [1.807, 2.05) is 13.8 Å². The molecule has 1 rings (SSSR count). The van der Waals surface area contributed by atoms with Crippen LogP contribution in [0.5, 0.6) is 0 Å². The molecule has 2 N–H and O–H groups in total. The fourth-order valence-electron chi connectivity index (χ4n) is 2.23. The minimum absolute atomic E-state index is 0.121.